The van der Waals surface area contributed by atoms with Crippen LogP contribution < -0.4 is 4.90 Å². The summed E-state index contributed by atoms with van der Waals surface area (Å²) >= 11 is 0. The van der Waals surface area contributed by atoms with E-state index in [0.29, 0.717) is 18.7 Å². The monoisotopic (exact) mass is 392 g/mol. The number of anilines is 1. The SMILES string of the molecule is O=C(c1cccnc1)N1CC(O)CC2(CCN(c3nccc4occc34)CC2)C1. The lowest BCUT2D eigenvalue weighted by Crippen LogP contribution is -2.55. The Hall–Kier alpha value is -2.93. The Balaban J connectivity index is 1.33. The highest BCUT2D eigenvalue weighted by molar-refractivity contribution is 5.94. The van der Waals surface area contributed by atoms with Gasteiger partial charge in [-0.2, -0.15) is 0 Å². The van der Waals surface area contributed by atoms with E-state index in [2.05, 4.69) is 14.9 Å². The summed E-state index contributed by atoms with van der Waals surface area (Å²) in [4.78, 5) is 25.6. The first-order chi connectivity index (χ1) is 14.1. The normalized spacial score (nSPS) is 21.6. The first kappa shape index (κ1) is 18.1. The van der Waals surface area contributed by atoms with Gasteiger partial charge in [-0.1, -0.05) is 0 Å². The molecular formula is C22H24N4O3. The highest BCUT2D eigenvalue weighted by atomic mass is 16.3. The number of nitrogens with zero attached hydrogens (tertiary/aromatic N) is 4. The summed E-state index contributed by atoms with van der Waals surface area (Å²) in [6, 6.07) is 7.39. The Labute approximate surface area is 169 Å². The molecular weight excluding hydrogens is 368 g/mol. The zero-order chi connectivity index (χ0) is 19.8. The summed E-state index contributed by atoms with van der Waals surface area (Å²) in [6.45, 7) is 2.75. The summed E-state index contributed by atoms with van der Waals surface area (Å²) in [5, 5.41) is 11.6. The Morgan fingerprint density at radius 1 is 1.21 bits per heavy atom. The molecule has 1 N–H and O–H groups in total. The van der Waals surface area contributed by atoms with Crippen LogP contribution in [0.25, 0.3) is 11.0 Å². The quantitative estimate of drug-likeness (QED) is 0.722. The van der Waals surface area contributed by atoms with Crippen molar-refractivity contribution in [2.75, 3.05) is 31.1 Å². The number of rotatable bonds is 2. The first-order valence-electron chi connectivity index (χ1n) is 10.1. The third-order valence-corrected chi connectivity index (χ3v) is 6.30. The molecule has 1 spiro atoms. The number of hydrogen-bond donors (Lipinski definition) is 1. The lowest BCUT2D eigenvalue weighted by molar-refractivity contribution is -0.0150. The second-order valence-corrected chi connectivity index (χ2v) is 8.24. The maximum atomic E-state index is 12.9. The van der Waals surface area contributed by atoms with Gasteiger partial charge in [0.05, 0.1) is 23.3 Å². The van der Waals surface area contributed by atoms with E-state index in [1.54, 1.807) is 41.9 Å². The van der Waals surface area contributed by atoms with Gasteiger partial charge in [-0.25, -0.2) is 4.98 Å². The number of carbonyl (C=O) groups excluding carboxylic acids is 1. The number of fused-ring (bicyclic) bond motifs is 1. The molecule has 2 aliphatic heterocycles. The Morgan fingerprint density at radius 2 is 2.07 bits per heavy atom. The van der Waals surface area contributed by atoms with Crippen molar-refractivity contribution in [3.8, 4) is 0 Å². The maximum Gasteiger partial charge on any atom is 0.255 e. The number of furan rings is 1. The second kappa shape index (κ2) is 7.15. The molecule has 1 unspecified atom stereocenters. The Bertz CT molecular complexity index is 1010. The van der Waals surface area contributed by atoms with Crippen molar-refractivity contribution < 1.29 is 14.3 Å². The van der Waals surface area contributed by atoms with Crippen LogP contribution in [0.1, 0.15) is 29.6 Å². The second-order valence-electron chi connectivity index (χ2n) is 8.24. The largest absolute Gasteiger partial charge is 0.464 e. The van der Waals surface area contributed by atoms with E-state index in [1.165, 1.54) is 0 Å². The molecule has 1 amide bonds. The summed E-state index contributed by atoms with van der Waals surface area (Å²) in [6.07, 6.45) is 8.80. The number of aliphatic hydroxyl groups is 1. The number of aliphatic hydroxyl groups excluding tert-OH is 1. The third-order valence-electron chi connectivity index (χ3n) is 6.30. The van der Waals surface area contributed by atoms with E-state index in [-0.39, 0.29) is 11.3 Å². The minimum atomic E-state index is -0.494. The molecule has 0 radical (unpaired) electrons. The highest BCUT2D eigenvalue weighted by Crippen LogP contribution is 2.41. The fraction of sp³-hybridized carbons (Fsp3) is 0.409. The van der Waals surface area contributed by atoms with Crippen molar-refractivity contribution in [3.63, 3.8) is 0 Å². The molecule has 2 aliphatic rings. The number of piperidine rings is 2. The minimum absolute atomic E-state index is 0.0523. The molecule has 0 aromatic carbocycles. The first-order valence-corrected chi connectivity index (χ1v) is 10.1. The van der Waals surface area contributed by atoms with E-state index in [9.17, 15) is 9.90 Å². The van der Waals surface area contributed by atoms with Gasteiger partial charge < -0.3 is 19.3 Å². The van der Waals surface area contributed by atoms with Crippen LogP contribution in [-0.4, -0.2) is 58.2 Å². The van der Waals surface area contributed by atoms with Crippen LogP contribution in [0.5, 0.6) is 0 Å². The molecule has 3 aromatic heterocycles. The zero-order valence-corrected chi connectivity index (χ0v) is 16.2. The number of aromatic nitrogens is 2. The fourth-order valence-electron chi connectivity index (χ4n) is 4.87. The molecule has 29 heavy (non-hydrogen) atoms. The summed E-state index contributed by atoms with van der Waals surface area (Å²) in [7, 11) is 0. The van der Waals surface area contributed by atoms with Crippen molar-refractivity contribution >= 4 is 22.7 Å². The van der Waals surface area contributed by atoms with Crippen molar-refractivity contribution in [2.45, 2.75) is 25.4 Å². The molecule has 7 nitrogen and oxygen atoms in total. The van der Waals surface area contributed by atoms with Gasteiger partial charge >= 0.3 is 0 Å². The molecule has 5 rings (SSSR count). The van der Waals surface area contributed by atoms with Crippen LogP contribution in [0.2, 0.25) is 0 Å². The van der Waals surface area contributed by atoms with Gasteiger partial charge in [0.1, 0.15) is 11.4 Å². The summed E-state index contributed by atoms with van der Waals surface area (Å²) < 4.78 is 5.51. The number of pyridine rings is 2. The molecule has 150 valence electrons. The Kier molecular flexibility index (Phi) is 4.47. The maximum absolute atomic E-state index is 12.9. The molecule has 2 fully saturated rings. The van der Waals surface area contributed by atoms with Gasteiger partial charge in [0.25, 0.3) is 5.91 Å². The predicted molar refractivity (Wildman–Crippen MR) is 109 cm³/mol. The van der Waals surface area contributed by atoms with Crippen LogP contribution >= 0.6 is 0 Å². The number of carbonyl (C=O) groups is 1. The van der Waals surface area contributed by atoms with Gasteiger partial charge in [-0.05, 0) is 48.9 Å². The molecule has 3 aromatic rings. The summed E-state index contributed by atoms with van der Waals surface area (Å²) in [5.74, 6) is 0.897. The van der Waals surface area contributed by atoms with E-state index in [4.69, 9.17) is 4.42 Å². The van der Waals surface area contributed by atoms with Crippen LogP contribution in [0.15, 0.2) is 53.5 Å². The van der Waals surface area contributed by atoms with E-state index < -0.39 is 6.10 Å². The van der Waals surface area contributed by atoms with Crippen LogP contribution in [0, 0.1) is 5.41 Å². The third kappa shape index (κ3) is 3.35. The molecule has 1 atom stereocenters. The molecule has 0 saturated carbocycles. The van der Waals surface area contributed by atoms with E-state index in [1.807, 2.05) is 12.1 Å². The fourth-order valence-corrected chi connectivity index (χ4v) is 4.87. The lowest BCUT2D eigenvalue weighted by Gasteiger charge is -2.49. The smallest absolute Gasteiger partial charge is 0.255 e. The van der Waals surface area contributed by atoms with Crippen LogP contribution in [0.4, 0.5) is 5.82 Å². The lowest BCUT2D eigenvalue weighted by atomic mass is 9.71. The van der Waals surface area contributed by atoms with Crippen molar-refractivity contribution in [1.82, 2.24) is 14.9 Å². The van der Waals surface area contributed by atoms with Crippen LogP contribution in [0.3, 0.4) is 0 Å². The topological polar surface area (TPSA) is 82.7 Å². The standard InChI is InChI=1S/C22H24N4O3/c27-17-12-22(15-26(14-17)21(28)16-2-1-7-23-13-16)5-9-25(10-6-22)20-18-4-11-29-19(18)3-8-24-20/h1-4,7-8,11,13,17,27H,5-6,9-10,12,14-15H2. The summed E-state index contributed by atoms with van der Waals surface area (Å²) in [5.41, 5.74) is 1.36. The zero-order valence-electron chi connectivity index (χ0n) is 16.2. The predicted octanol–water partition coefficient (Wildman–Crippen LogP) is 2.72. The Morgan fingerprint density at radius 3 is 2.86 bits per heavy atom. The molecule has 0 aliphatic carbocycles. The van der Waals surface area contributed by atoms with Crippen LogP contribution in [-0.2, 0) is 0 Å². The molecule has 7 heteroatoms. The average molecular weight is 392 g/mol. The highest BCUT2D eigenvalue weighted by Gasteiger charge is 2.43. The van der Waals surface area contributed by atoms with Crippen molar-refractivity contribution in [1.29, 1.82) is 0 Å². The molecule has 5 heterocycles. The average Bonchev–Trinajstić information content (AvgIpc) is 3.23. The number of β-amino-alcohol motifs (C(OH)–C–C–N with tert-alkyl or cyclic N) is 1. The minimum Gasteiger partial charge on any atom is -0.464 e. The van der Waals surface area contributed by atoms with Gasteiger partial charge in [0.2, 0.25) is 0 Å². The van der Waals surface area contributed by atoms with Gasteiger partial charge in [-0.15, -0.1) is 0 Å². The van der Waals surface area contributed by atoms with Gasteiger partial charge in [0, 0.05) is 44.8 Å². The number of amides is 1. The van der Waals surface area contributed by atoms with Crippen molar-refractivity contribution in [3.05, 3.63) is 54.7 Å². The van der Waals surface area contributed by atoms with E-state index >= 15 is 0 Å². The van der Waals surface area contributed by atoms with Gasteiger partial charge in [-0.3, -0.25) is 9.78 Å². The van der Waals surface area contributed by atoms with Gasteiger partial charge in [0.15, 0.2) is 0 Å². The number of hydrogen-bond acceptors (Lipinski definition) is 6. The molecule has 0 bridgehead atoms. The molecule has 2 saturated heterocycles. The van der Waals surface area contributed by atoms with E-state index in [0.717, 1.165) is 49.1 Å². The van der Waals surface area contributed by atoms with Crippen molar-refractivity contribution in [2.24, 2.45) is 5.41 Å². The number of likely N-dealkylation sites (tertiary alicyclic amines) is 1.